The molecule has 66 valence electrons. The second-order valence-electron chi connectivity index (χ2n) is 2.62. The quantitative estimate of drug-likeness (QED) is 0.683. The van der Waals surface area contributed by atoms with Crippen LogP contribution in [0.2, 0.25) is 0 Å². The Bertz CT molecular complexity index is 244. The van der Waals surface area contributed by atoms with E-state index in [-0.39, 0.29) is 17.8 Å². The van der Waals surface area contributed by atoms with Crippen molar-refractivity contribution in [2.75, 3.05) is 0 Å². The zero-order valence-electron chi connectivity index (χ0n) is 7.16. The van der Waals surface area contributed by atoms with Gasteiger partial charge in [-0.2, -0.15) is 5.10 Å². The molecule has 2 N–H and O–H groups in total. The van der Waals surface area contributed by atoms with Crippen LogP contribution in [-0.2, 0) is 0 Å². The molecule has 1 unspecified atom stereocenters. The highest BCUT2D eigenvalue weighted by Crippen LogP contribution is 1.91. The number of carbonyl (C=O) groups is 1. The molecule has 5 heteroatoms. The van der Waals surface area contributed by atoms with Crippen LogP contribution < -0.4 is 5.32 Å². The molecule has 0 spiro atoms. The van der Waals surface area contributed by atoms with Crippen molar-refractivity contribution in [2.45, 2.75) is 26.3 Å². The Morgan fingerprint density at radius 3 is 3.08 bits per heavy atom. The zero-order chi connectivity index (χ0) is 8.97. The van der Waals surface area contributed by atoms with Crippen LogP contribution in [0.4, 0.5) is 0 Å². The maximum absolute atomic E-state index is 11.2. The lowest BCUT2D eigenvalue weighted by atomic mass is 10.2. The van der Waals surface area contributed by atoms with E-state index in [2.05, 4.69) is 20.5 Å². The van der Waals surface area contributed by atoms with Gasteiger partial charge in [0.15, 0.2) is 0 Å². The molecule has 0 radical (unpaired) electrons. The van der Waals surface area contributed by atoms with Gasteiger partial charge in [-0.3, -0.25) is 9.89 Å². The number of rotatable bonds is 3. The van der Waals surface area contributed by atoms with Gasteiger partial charge in [-0.1, -0.05) is 6.92 Å². The number of hydrogen-bond donors (Lipinski definition) is 2. The molecular weight excluding hydrogens is 156 g/mol. The number of amides is 1. The summed E-state index contributed by atoms with van der Waals surface area (Å²) in [6.45, 7) is 3.94. The lowest BCUT2D eigenvalue weighted by Crippen LogP contribution is -2.32. The van der Waals surface area contributed by atoms with Gasteiger partial charge < -0.3 is 5.32 Å². The van der Waals surface area contributed by atoms with Gasteiger partial charge in [-0.25, -0.2) is 4.98 Å². The molecular formula is C7H12N4O. The Morgan fingerprint density at radius 2 is 2.58 bits per heavy atom. The number of carbonyl (C=O) groups excluding carboxylic acids is 1. The normalized spacial score (nSPS) is 12.5. The van der Waals surface area contributed by atoms with Crippen LogP contribution in [0.5, 0.6) is 0 Å². The highest BCUT2D eigenvalue weighted by Gasteiger charge is 2.09. The Hall–Kier alpha value is -1.39. The molecule has 1 atom stereocenters. The van der Waals surface area contributed by atoms with Gasteiger partial charge in [0.05, 0.1) is 0 Å². The van der Waals surface area contributed by atoms with E-state index in [1.54, 1.807) is 0 Å². The van der Waals surface area contributed by atoms with Crippen molar-refractivity contribution in [1.29, 1.82) is 0 Å². The molecule has 1 heterocycles. The van der Waals surface area contributed by atoms with Crippen molar-refractivity contribution in [2.24, 2.45) is 0 Å². The lowest BCUT2D eigenvalue weighted by molar-refractivity contribution is 0.0929. The second-order valence-corrected chi connectivity index (χ2v) is 2.62. The van der Waals surface area contributed by atoms with Crippen molar-refractivity contribution in [3.8, 4) is 0 Å². The Morgan fingerprint density at radius 1 is 1.83 bits per heavy atom. The summed E-state index contributed by atoms with van der Waals surface area (Å²) in [5.74, 6) is 0.0529. The first kappa shape index (κ1) is 8.70. The minimum atomic E-state index is -0.207. The summed E-state index contributed by atoms with van der Waals surface area (Å²) in [6, 6.07) is 0.169. The van der Waals surface area contributed by atoms with Crippen molar-refractivity contribution < 1.29 is 4.79 Å². The monoisotopic (exact) mass is 168 g/mol. The molecule has 0 bridgehead atoms. The number of hydrogen-bond acceptors (Lipinski definition) is 3. The van der Waals surface area contributed by atoms with E-state index in [9.17, 15) is 4.79 Å². The zero-order valence-corrected chi connectivity index (χ0v) is 7.16. The van der Waals surface area contributed by atoms with E-state index in [0.717, 1.165) is 6.42 Å². The van der Waals surface area contributed by atoms with Crippen LogP contribution in [0.15, 0.2) is 6.33 Å². The van der Waals surface area contributed by atoms with Crippen LogP contribution in [0, 0.1) is 0 Å². The number of nitrogens with zero attached hydrogens (tertiary/aromatic N) is 2. The fourth-order valence-corrected chi connectivity index (χ4v) is 0.709. The fraction of sp³-hybridized carbons (Fsp3) is 0.571. The van der Waals surface area contributed by atoms with Crippen molar-refractivity contribution in [1.82, 2.24) is 20.5 Å². The number of H-pyrrole nitrogens is 1. The van der Waals surface area contributed by atoms with Gasteiger partial charge in [-0.15, -0.1) is 0 Å². The molecule has 12 heavy (non-hydrogen) atoms. The molecule has 1 rings (SSSR count). The van der Waals surface area contributed by atoms with Crippen molar-refractivity contribution >= 4 is 5.91 Å². The lowest BCUT2D eigenvalue weighted by Gasteiger charge is -2.08. The maximum Gasteiger partial charge on any atom is 0.288 e. The summed E-state index contributed by atoms with van der Waals surface area (Å²) in [6.07, 6.45) is 2.21. The molecule has 1 aromatic rings. The molecule has 0 saturated carbocycles. The highest BCUT2D eigenvalue weighted by molar-refractivity contribution is 5.90. The van der Waals surface area contributed by atoms with Crippen LogP contribution >= 0.6 is 0 Å². The van der Waals surface area contributed by atoms with Crippen LogP contribution in [0.3, 0.4) is 0 Å². The summed E-state index contributed by atoms with van der Waals surface area (Å²) >= 11 is 0. The predicted octanol–water partition coefficient (Wildman–Crippen LogP) is 0.333. The van der Waals surface area contributed by atoms with Crippen LogP contribution in [0.25, 0.3) is 0 Å². The fourth-order valence-electron chi connectivity index (χ4n) is 0.709. The van der Waals surface area contributed by atoms with Gasteiger partial charge in [-0.05, 0) is 13.3 Å². The average molecular weight is 168 g/mol. The van der Waals surface area contributed by atoms with Gasteiger partial charge in [0, 0.05) is 6.04 Å². The third kappa shape index (κ3) is 2.05. The van der Waals surface area contributed by atoms with Crippen LogP contribution in [-0.4, -0.2) is 27.1 Å². The van der Waals surface area contributed by atoms with Crippen molar-refractivity contribution in [3.05, 3.63) is 12.2 Å². The number of aromatic amines is 1. The van der Waals surface area contributed by atoms with Crippen LogP contribution in [0.1, 0.15) is 30.9 Å². The smallest absolute Gasteiger partial charge is 0.288 e. The third-order valence-corrected chi connectivity index (χ3v) is 1.62. The molecule has 0 saturated heterocycles. The molecule has 1 amide bonds. The predicted molar refractivity (Wildman–Crippen MR) is 43.6 cm³/mol. The first-order valence-corrected chi connectivity index (χ1v) is 3.90. The van der Waals surface area contributed by atoms with E-state index in [1.807, 2.05) is 13.8 Å². The Kier molecular flexibility index (Phi) is 2.79. The summed E-state index contributed by atoms with van der Waals surface area (Å²) in [5.41, 5.74) is 0. The SMILES string of the molecule is CCC(C)NC(=O)c1ncn[nH]1. The second kappa shape index (κ2) is 3.85. The molecule has 0 aliphatic carbocycles. The van der Waals surface area contributed by atoms with Gasteiger partial charge in [0.1, 0.15) is 6.33 Å². The largest absolute Gasteiger partial charge is 0.347 e. The van der Waals surface area contributed by atoms with E-state index in [4.69, 9.17) is 0 Å². The number of nitrogens with one attached hydrogen (secondary N) is 2. The Balaban J connectivity index is 2.50. The molecule has 1 aromatic heterocycles. The van der Waals surface area contributed by atoms with E-state index in [1.165, 1.54) is 6.33 Å². The minimum Gasteiger partial charge on any atom is -0.347 e. The standard InChI is InChI=1S/C7H12N4O/c1-3-5(2)10-7(12)6-8-4-9-11-6/h4-5H,3H2,1-2H3,(H,10,12)(H,8,9,11). The molecule has 0 aliphatic heterocycles. The molecule has 0 aromatic carbocycles. The highest BCUT2D eigenvalue weighted by atomic mass is 16.2. The maximum atomic E-state index is 11.2. The van der Waals surface area contributed by atoms with Gasteiger partial charge >= 0.3 is 0 Å². The average Bonchev–Trinajstić information content (AvgIpc) is 2.56. The van der Waals surface area contributed by atoms with Gasteiger partial charge in [0.2, 0.25) is 5.82 Å². The first-order chi connectivity index (χ1) is 5.74. The van der Waals surface area contributed by atoms with E-state index in [0.29, 0.717) is 0 Å². The molecule has 0 fully saturated rings. The summed E-state index contributed by atoms with van der Waals surface area (Å²) < 4.78 is 0. The third-order valence-electron chi connectivity index (χ3n) is 1.62. The van der Waals surface area contributed by atoms with E-state index < -0.39 is 0 Å². The Labute approximate surface area is 70.6 Å². The van der Waals surface area contributed by atoms with E-state index >= 15 is 0 Å². The van der Waals surface area contributed by atoms with Crippen molar-refractivity contribution in [3.63, 3.8) is 0 Å². The number of aromatic nitrogens is 3. The minimum absolute atomic E-state index is 0.169. The van der Waals surface area contributed by atoms with Gasteiger partial charge in [0.25, 0.3) is 5.91 Å². The summed E-state index contributed by atoms with van der Waals surface area (Å²) in [4.78, 5) is 15.0. The molecule has 5 nitrogen and oxygen atoms in total. The summed E-state index contributed by atoms with van der Waals surface area (Å²) in [7, 11) is 0. The summed E-state index contributed by atoms with van der Waals surface area (Å²) in [5, 5.41) is 8.83. The molecule has 0 aliphatic rings. The first-order valence-electron chi connectivity index (χ1n) is 3.90. The topological polar surface area (TPSA) is 70.7 Å².